The number of carbonyl (C=O) groups is 1. The van der Waals surface area contributed by atoms with Crippen molar-refractivity contribution in [1.29, 1.82) is 5.26 Å². The molecule has 4 nitrogen and oxygen atoms in total. The molecule has 0 fully saturated rings. The topological polar surface area (TPSA) is 62.1 Å². The number of nitrogens with zero attached hydrogens (tertiary/aromatic N) is 1. The molecule has 2 aromatic rings. The van der Waals surface area contributed by atoms with Gasteiger partial charge in [-0.05, 0) is 29.3 Å². The van der Waals surface area contributed by atoms with Gasteiger partial charge in [-0.2, -0.15) is 5.26 Å². The summed E-state index contributed by atoms with van der Waals surface area (Å²) in [7, 11) is 1.49. The van der Waals surface area contributed by atoms with E-state index in [4.69, 9.17) is 10.00 Å². The number of amides is 1. The van der Waals surface area contributed by atoms with Crippen molar-refractivity contribution in [2.45, 2.75) is 6.61 Å². The Bertz CT molecular complexity index is 715. The minimum atomic E-state index is -0.405. The van der Waals surface area contributed by atoms with Crippen molar-refractivity contribution in [3.8, 4) is 11.8 Å². The zero-order valence-electron chi connectivity index (χ0n) is 12.2. The number of benzene rings is 2. The van der Waals surface area contributed by atoms with E-state index in [1.165, 1.54) is 13.1 Å². The number of hydrogen-bond donors (Lipinski definition) is 1. The molecule has 2 aromatic carbocycles. The van der Waals surface area contributed by atoms with E-state index in [1.54, 1.807) is 6.07 Å². The summed E-state index contributed by atoms with van der Waals surface area (Å²) in [6.45, 7) is 0.467. The fourth-order valence-electron chi connectivity index (χ4n) is 1.88. The number of ether oxygens (including phenoxy) is 1. The van der Waals surface area contributed by atoms with E-state index in [0.29, 0.717) is 12.4 Å². The number of carbonyl (C=O) groups excluding carboxylic acids is 1. The van der Waals surface area contributed by atoms with Crippen molar-refractivity contribution in [3.63, 3.8) is 0 Å². The van der Waals surface area contributed by atoms with Gasteiger partial charge < -0.3 is 10.1 Å². The molecule has 0 aromatic heterocycles. The van der Waals surface area contributed by atoms with Crippen LogP contribution in [0, 0.1) is 11.3 Å². The molecule has 110 valence electrons. The lowest BCUT2D eigenvalue weighted by Crippen LogP contribution is -2.19. The summed E-state index contributed by atoms with van der Waals surface area (Å²) in [5.41, 5.74) is 1.87. The quantitative estimate of drug-likeness (QED) is 0.681. The fraction of sp³-hybridized carbons (Fsp3) is 0.111. The minimum absolute atomic E-state index is 0.0581. The standard InChI is InChI=1S/C18H16N2O2/c1-20-18(21)16(12-19)10-15-8-5-9-17(11-15)22-13-14-6-3-2-4-7-14/h2-11H,13H2,1H3,(H,20,21)/b16-10+. The van der Waals surface area contributed by atoms with Crippen LogP contribution >= 0.6 is 0 Å². The van der Waals surface area contributed by atoms with Crippen LogP contribution < -0.4 is 10.1 Å². The van der Waals surface area contributed by atoms with E-state index in [-0.39, 0.29) is 5.57 Å². The Labute approximate surface area is 129 Å². The van der Waals surface area contributed by atoms with E-state index >= 15 is 0 Å². The fourth-order valence-corrected chi connectivity index (χ4v) is 1.88. The molecule has 0 saturated carbocycles. The van der Waals surface area contributed by atoms with Crippen LogP contribution in [0.15, 0.2) is 60.2 Å². The maximum absolute atomic E-state index is 11.5. The molecule has 0 heterocycles. The van der Waals surface area contributed by atoms with Crippen LogP contribution in [0.2, 0.25) is 0 Å². The minimum Gasteiger partial charge on any atom is -0.489 e. The van der Waals surface area contributed by atoms with Gasteiger partial charge in [0.15, 0.2) is 0 Å². The van der Waals surface area contributed by atoms with Crippen molar-refractivity contribution in [2.75, 3.05) is 7.05 Å². The molecule has 0 bridgehead atoms. The van der Waals surface area contributed by atoms with Crippen molar-refractivity contribution < 1.29 is 9.53 Å². The molecule has 2 rings (SSSR count). The lowest BCUT2D eigenvalue weighted by Gasteiger charge is -2.07. The first-order valence-corrected chi connectivity index (χ1v) is 6.83. The lowest BCUT2D eigenvalue weighted by molar-refractivity contribution is -0.116. The highest BCUT2D eigenvalue weighted by Gasteiger charge is 2.06. The molecular weight excluding hydrogens is 276 g/mol. The molecule has 1 amide bonds. The Morgan fingerprint density at radius 2 is 2.00 bits per heavy atom. The number of likely N-dealkylation sites (N-methyl/N-ethyl adjacent to an activating group) is 1. The summed E-state index contributed by atoms with van der Waals surface area (Å²) in [5, 5.41) is 11.4. The Kier molecular flexibility index (Phi) is 5.33. The zero-order chi connectivity index (χ0) is 15.8. The van der Waals surface area contributed by atoms with Crippen LogP contribution in [0.25, 0.3) is 6.08 Å². The van der Waals surface area contributed by atoms with Crippen LogP contribution in [0.5, 0.6) is 5.75 Å². The molecule has 0 radical (unpaired) electrons. The third-order valence-electron chi connectivity index (χ3n) is 3.01. The second-order valence-corrected chi connectivity index (χ2v) is 4.60. The van der Waals surface area contributed by atoms with Gasteiger partial charge in [-0.15, -0.1) is 0 Å². The second kappa shape index (κ2) is 7.65. The predicted octanol–water partition coefficient (Wildman–Crippen LogP) is 2.92. The molecule has 1 N–H and O–H groups in total. The van der Waals surface area contributed by atoms with Gasteiger partial charge in [-0.3, -0.25) is 4.79 Å². The van der Waals surface area contributed by atoms with E-state index in [9.17, 15) is 4.79 Å². The highest BCUT2D eigenvalue weighted by Crippen LogP contribution is 2.17. The summed E-state index contributed by atoms with van der Waals surface area (Å²) >= 11 is 0. The SMILES string of the molecule is CNC(=O)/C(C#N)=C/c1cccc(OCc2ccccc2)c1. The first-order chi connectivity index (χ1) is 10.7. The molecular formula is C18H16N2O2. The zero-order valence-corrected chi connectivity index (χ0v) is 12.2. The number of hydrogen-bond acceptors (Lipinski definition) is 3. The largest absolute Gasteiger partial charge is 0.489 e. The Hall–Kier alpha value is -3.06. The molecule has 0 aliphatic carbocycles. The van der Waals surface area contributed by atoms with E-state index in [0.717, 1.165) is 11.1 Å². The van der Waals surface area contributed by atoms with E-state index in [2.05, 4.69) is 5.32 Å². The van der Waals surface area contributed by atoms with Crippen molar-refractivity contribution in [2.24, 2.45) is 0 Å². The smallest absolute Gasteiger partial charge is 0.261 e. The van der Waals surface area contributed by atoms with Gasteiger partial charge in [0.25, 0.3) is 5.91 Å². The summed E-state index contributed by atoms with van der Waals surface area (Å²) in [4.78, 5) is 11.5. The van der Waals surface area contributed by atoms with Gasteiger partial charge >= 0.3 is 0 Å². The molecule has 0 saturated heterocycles. The van der Waals surface area contributed by atoms with Crippen molar-refractivity contribution in [1.82, 2.24) is 5.32 Å². The van der Waals surface area contributed by atoms with Crippen LogP contribution in [-0.2, 0) is 11.4 Å². The first-order valence-electron chi connectivity index (χ1n) is 6.83. The van der Waals surface area contributed by atoms with Gasteiger partial charge in [0.1, 0.15) is 24.0 Å². The number of nitrogens with one attached hydrogen (secondary N) is 1. The van der Waals surface area contributed by atoms with Crippen molar-refractivity contribution in [3.05, 3.63) is 71.3 Å². The maximum Gasteiger partial charge on any atom is 0.261 e. The average molecular weight is 292 g/mol. The molecule has 0 unspecified atom stereocenters. The Morgan fingerprint density at radius 1 is 1.23 bits per heavy atom. The number of rotatable bonds is 5. The average Bonchev–Trinajstić information content (AvgIpc) is 2.58. The predicted molar refractivity (Wildman–Crippen MR) is 84.9 cm³/mol. The Morgan fingerprint density at radius 3 is 2.68 bits per heavy atom. The highest BCUT2D eigenvalue weighted by atomic mass is 16.5. The molecule has 4 heteroatoms. The van der Waals surface area contributed by atoms with Gasteiger partial charge in [-0.1, -0.05) is 42.5 Å². The summed E-state index contributed by atoms with van der Waals surface area (Å²) in [6, 6.07) is 19.0. The monoisotopic (exact) mass is 292 g/mol. The van der Waals surface area contributed by atoms with Crippen LogP contribution in [0.1, 0.15) is 11.1 Å². The molecule has 0 aliphatic heterocycles. The molecule has 0 spiro atoms. The Balaban J connectivity index is 2.11. The van der Waals surface area contributed by atoms with Gasteiger partial charge in [0.2, 0.25) is 0 Å². The molecule has 0 atom stereocenters. The summed E-state index contributed by atoms with van der Waals surface area (Å²) in [5.74, 6) is 0.282. The van der Waals surface area contributed by atoms with Crippen LogP contribution in [0.3, 0.4) is 0 Å². The van der Waals surface area contributed by atoms with Crippen LogP contribution in [0.4, 0.5) is 0 Å². The first kappa shape index (κ1) is 15.3. The number of nitriles is 1. The van der Waals surface area contributed by atoms with Gasteiger partial charge in [0, 0.05) is 7.05 Å². The lowest BCUT2D eigenvalue weighted by atomic mass is 10.1. The van der Waals surface area contributed by atoms with E-state index in [1.807, 2.05) is 54.6 Å². The highest BCUT2D eigenvalue weighted by molar-refractivity contribution is 6.01. The van der Waals surface area contributed by atoms with Gasteiger partial charge in [0.05, 0.1) is 0 Å². The van der Waals surface area contributed by atoms with E-state index < -0.39 is 5.91 Å². The third-order valence-corrected chi connectivity index (χ3v) is 3.01. The normalized spacial score (nSPS) is 10.6. The second-order valence-electron chi connectivity index (χ2n) is 4.60. The summed E-state index contributed by atoms with van der Waals surface area (Å²) in [6.07, 6.45) is 1.54. The summed E-state index contributed by atoms with van der Waals surface area (Å²) < 4.78 is 5.72. The molecule has 22 heavy (non-hydrogen) atoms. The van der Waals surface area contributed by atoms with Crippen molar-refractivity contribution >= 4 is 12.0 Å². The maximum atomic E-state index is 11.5. The third kappa shape index (κ3) is 4.22. The molecule has 0 aliphatic rings. The van der Waals surface area contributed by atoms with Crippen LogP contribution in [-0.4, -0.2) is 13.0 Å². The van der Waals surface area contributed by atoms with Gasteiger partial charge in [-0.25, -0.2) is 0 Å².